The summed E-state index contributed by atoms with van der Waals surface area (Å²) in [7, 11) is -1.55. The largest absolute Gasteiger partial charge is 1.00 e. The molecule has 0 radical (unpaired) electrons. The van der Waals surface area contributed by atoms with Crippen LogP contribution in [0.25, 0.3) is 12.2 Å². The fourth-order valence-corrected chi connectivity index (χ4v) is 10.2. The summed E-state index contributed by atoms with van der Waals surface area (Å²) in [4.78, 5) is 0. The van der Waals surface area contributed by atoms with Gasteiger partial charge in [0.05, 0.1) is 8.07 Å². The fraction of sp³-hybridized carbons (Fsp3) is 0.273. The standard InChI is InChI=1S/C22H24Si.Na.H/c1-3-23(4-2,21-15-13-17-9-5-7-11-19(17)21)22-16-14-18-10-6-8-12-20(18)22;;/h5-16,21-22H,3-4H2,1-2H3;;/q;+1;-1. The van der Waals surface area contributed by atoms with E-state index in [1.165, 1.54) is 23.2 Å². The minimum absolute atomic E-state index is 0. The Balaban J connectivity index is 0.00000113. The normalized spacial score (nSPS) is 20.6. The van der Waals surface area contributed by atoms with Crippen LogP contribution < -0.4 is 29.6 Å². The van der Waals surface area contributed by atoms with Crippen LogP contribution in [-0.4, -0.2) is 8.07 Å². The predicted molar refractivity (Wildman–Crippen MR) is 104 cm³/mol. The van der Waals surface area contributed by atoms with Gasteiger partial charge in [0.15, 0.2) is 0 Å². The van der Waals surface area contributed by atoms with Gasteiger partial charge in [-0.2, -0.15) is 0 Å². The number of fused-ring (bicyclic) bond motifs is 2. The molecule has 0 heterocycles. The Kier molecular flexibility index (Phi) is 5.36. The zero-order valence-corrected chi connectivity index (χ0v) is 18.0. The average Bonchev–Trinajstić information content (AvgIpc) is 3.23. The summed E-state index contributed by atoms with van der Waals surface area (Å²) in [6, 6.07) is 20.7. The van der Waals surface area contributed by atoms with Gasteiger partial charge in [0.1, 0.15) is 0 Å². The second kappa shape index (κ2) is 7.17. The van der Waals surface area contributed by atoms with Crippen molar-refractivity contribution >= 4 is 20.2 Å². The fourth-order valence-electron chi connectivity index (χ4n) is 4.82. The molecule has 0 fully saturated rings. The van der Waals surface area contributed by atoms with Gasteiger partial charge in [0.25, 0.3) is 0 Å². The third-order valence-electron chi connectivity index (χ3n) is 6.15. The molecule has 0 spiro atoms. The number of hydrogen-bond donors (Lipinski definition) is 0. The van der Waals surface area contributed by atoms with Gasteiger partial charge in [-0.1, -0.05) is 98.8 Å². The molecule has 2 atom stereocenters. The van der Waals surface area contributed by atoms with Crippen molar-refractivity contribution in [3.05, 3.63) is 82.9 Å². The maximum atomic E-state index is 2.51. The van der Waals surface area contributed by atoms with E-state index in [0.717, 1.165) is 0 Å². The monoisotopic (exact) mass is 340 g/mol. The molecule has 2 unspecified atom stereocenters. The summed E-state index contributed by atoms with van der Waals surface area (Å²) >= 11 is 0. The topological polar surface area (TPSA) is 0 Å². The van der Waals surface area contributed by atoms with Gasteiger partial charge in [0, 0.05) is 0 Å². The van der Waals surface area contributed by atoms with Gasteiger partial charge in [-0.15, -0.1) is 0 Å². The summed E-state index contributed by atoms with van der Waals surface area (Å²) in [5.41, 5.74) is 7.31. The first kappa shape index (κ1) is 17.9. The van der Waals surface area contributed by atoms with Crippen LogP contribution in [0, 0.1) is 0 Å². The zero-order chi connectivity index (χ0) is 15.9. The third-order valence-corrected chi connectivity index (χ3v) is 12.3. The third kappa shape index (κ3) is 2.63. The molecule has 0 saturated carbocycles. The van der Waals surface area contributed by atoms with Crippen LogP contribution in [0.1, 0.15) is 48.6 Å². The molecule has 2 aromatic rings. The Morgan fingerprint density at radius 2 is 1.17 bits per heavy atom. The van der Waals surface area contributed by atoms with E-state index in [1.54, 1.807) is 11.1 Å². The first-order chi connectivity index (χ1) is 11.3. The minimum Gasteiger partial charge on any atom is -1.00 e. The molecule has 0 N–H and O–H groups in total. The van der Waals surface area contributed by atoms with Gasteiger partial charge < -0.3 is 1.43 Å². The van der Waals surface area contributed by atoms with Crippen LogP contribution in [0.4, 0.5) is 0 Å². The minimum atomic E-state index is -1.55. The van der Waals surface area contributed by atoms with E-state index >= 15 is 0 Å². The van der Waals surface area contributed by atoms with Crippen LogP contribution in [0.15, 0.2) is 60.7 Å². The number of allylic oxidation sites excluding steroid dienone is 2. The van der Waals surface area contributed by atoms with Crippen molar-refractivity contribution < 1.29 is 31.0 Å². The molecule has 0 aliphatic heterocycles. The van der Waals surface area contributed by atoms with Crippen molar-refractivity contribution in [1.82, 2.24) is 0 Å². The summed E-state index contributed by atoms with van der Waals surface area (Å²) in [6.45, 7) is 4.86. The summed E-state index contributed by atoms with van der Waals surface area (Å²) in [6.07, 6.45) is 9.74. The van der Waals surface area contributed by atoms with Crippen molar-refractivity contribution in [2.24, 2.45) is 0 Å². The van der Waals surface area contributed by atoms with Gasteiger partial charge in [-0.25, -0.2) is 0 Å². The van der Waals surface area contributed by atoms with E-state index in [9.17, 15) is 0 Å². The van der Waals surface area contributed by atoms with Crippen molar-refractivity contribution in [1.29, 1.82) is 0 Å². The summed E-state index contributed by atoms with van der Waals surface area (Å²) < 4.78 is 0. The zero-order valence-electron chi connectivity index (χ0n) is 16.0. The second-order valence-corrected chi connectivity index (χ2v) is 12.0. The first-order valence-electron chi connectivity index (χ1n) is 8.84. The van der Waals surface area contributed by atoms with Gasteiger partial charge in [-0.05, 0) is 33.3 Å². The van der Waals surface area contributed by atoms with Crippen molar-refractivity contribution in [2.45, 2.75) is 37.0 Å². The molecule has 24 heavy (non-hydrogen) atoms. The number of hydrogen-bond acceptors (Lipinski definition) is 0. The molecule has 2 aliphatic rings. The molecule has 0 aromatic heterocycles. The SMILES string of the molecule is CC[Si](CC)(C1C=Cc2ccccc21)C1C=Cc2ccccc21.[H-].[Na+]. The number of rotatable bonds is 4. The van der Waals surface area contributed by atoms with Gasteiger partial charge >= 0.3 is 29.6 Å². The van der Waals surface area contributed by atoms with Crippen molar-refractivity contribution in [2.75, 3.05) is 0 Å². The van der Waals surface area contributed by atoms with E-state index in [1.807, 2.05) is 0 Å². The predicted octanol–water partition coefficient (Wildman–Crippen LogP) is 3.29. The molecule has 2 aromatic carbocycles. The summed E-state index contributed by atoms with van der Waals surface area (Å²) in [5, 5.41) is 0. The molecular weight excluding hydrogens is 315 g/mol. The molecule has 0 saturated heterocycles. The first-order valence-corrected chi connectivity index (χ1v) is 11.4. The Labute approximate surface area is 170 Å². The van der Waals surface area contributed by atoms with E-state index in [4.69, 9.17) is 0 Å². The second-order valence-electron chi connectivity index (χ2n) is 6.87. The molecule has 0 bridgehead atoms. The maximum absolute atomic E-state index is 2.51. The van der Waals surface area contributed by atoms with E-state index in [-0.39, 0.29) is 31.0 Å². The number of benzene rings is 2. The van der Waals surface area contributed by atoms with Gasteiger partial charge in [0.2, 0.25) is 0 Å². The molecule has 0 nitrogen and oxygen atoms in total. The molecule has 4 rings (SSSR count). The van der Waals surface area contributed by atoms with Crippen LogP contribution in [0.3, 0.4) is 0 Å². The smallest absolute Gasteiger partial charge is 1.00 e. The Morgan fingerprint density at radius 1 is 0.750 bits per heavy atom. The molecular formula is C22H25NaSi. The van der Waals surface area contributed by atoms with Crippen LogP contribution in [0.5, 0.6) is 0 Å². The Hall–Kier alpha value is -0.863. The van der Waals surface area contributed by atoms with Crippen molar-refractivity contribution in [3.63, 3.8) is 0 Å². The van der Waals surface area contributed by atoms with E-state index < -0.39 is 8.07 Å². The molecule has 0 amide bonds. The molecule has 118 valence electrons. The molecule has 2 heteroatoms. The summed E-state index contributed by atoms with van der Waals surface area (Å²) in [5.74, 6) is 0. The quantitative estimate of drug-likeness (QED) is 0.749. The van der Waals surface area contributed by atoms with Crippen LogP contribution >= 0.6 is 0 Å². The maximum Gasteiger partial charge on any atom is 1.00 e. The van der Waals surface area contributed by atoms with Crippen molar-refractivity contribution in [3.8, 4) is 0 Å². The Bertz CT molecular complexity index is 729. The van der Waals surface area contributed by atoms with E-state index in [0.29, 0.717) is 11.1 Å². The van der Waals surface area contributed by atoms with E-state index in [2.05, 4.69) is 86.7 Å². The molecule has 2 aliphatic carbocycles. The van der Waals surface area contributed by atoms with Crippen LogP contribution in [-0.2, 0) is 0 Å². The van der Waals surface area contributed by atoms with Crippen LogP contribution in [0.2, 0.25) is 12.1 Å². The average molecular weight is 341 g/mol. The van der Waals surface area contributed by atoms with Gasteiger partial charge in [-0.3, -0.25) is 0 Å². The Morgan fingerprint density at radius 3 is 1.58 bits per heavy atom.